The minimum absolute atomic E-state index is 0.812. The summed E-state index contributed by atoms with van der Waals surface area (Å²) in [5.41, 5.74) is 5.44. The summed E-state index contributed by atoms with van der Waals surface area (Å²) in [7, 11) is 0. The third-order valence-electron chi connectivity index (χ3n) is 1.76. The summed E-state index contributed by atoms with van der Waals surface area (Å²) in [4.78, 5) is 0. The molecule has 0 aliphatic rings. The van der Waals surface area contributed by atoms with Gasteiger partial charge in [0.05, 0.1) is 0 Å². The predicted octanol–water partition coefficient (Wildman–Crippen LogP) is 2.58. The summed E-state index contributed by atoms with van der Waals surface area (Å²) in [6.07, 6.45) is 3.79. The molecule has 0 amide bonds. The van der Waals surface area contributed by atoms with Gasteiger partial charge in [0, 0.05) is 3.92 Å². The minimum Gasteiger partial charge on any atom is -0.330 e. The fourth-order valence-electron chi connectivity index (χ4n) is 1.01. The average molecular weight is 255 g/mol. The molecule has 0 radical (unpaired) electrons. The Labute approximate surface area is 77.9 Å². The van der Waals surface area contributed by atoms with Gasteiger partial charge < -0.3 is 5.73 Å². The number of hydrogen-bond acceptors (Lipinski definition) is 1. The van der Waals surface area contributed by atoms with Gasteiger partial charge in [0.25, 0.3) is 0 Å². The molecule has 0 saturated heterocycles. The molecule has 1 unspecified atom stereocenters. The van der Waals surface area contributed by atoms with Crippen molar-refractivity contribution in [2.24, 2.45) is 11.7 Å². The molecule has 0 rings (SSSR count). The summed E-state index contributed by atoms with van der Waals surface area (Å²) in [6, 6.07) is 0. The summed E-state index contributed by atoms with van der Waals surface area (Å²) >= 11 is 2.52. The molecule has 1 nitrogen and oxygen atoms in total. The molecule has 0 aromatic carbocycles. The van der Waals surface area contributed by atoms with E-state index in [4.69, 9.17) is 5.73 Å². The first-order valence-electron chi connectivity index (χ1n) is 4.04. The Hall–Kier alpha value is 0.690. The number of rotatable bonds is 5. The molecule has 0 saturated carbocycles. The molecular weight excluding hydrogens is 237 g/mol. The number of hydrogen-bond donors (Lipinski definition) is 1. The van der Waals surface area contributed by atoms with Crippen LogP contribution in [0.1, 0.15) is 33.1 Å². The molecule has 0 fully saturated rings. The SMILES string of the molecule is CC[C@H](I)CC(C)CCN. The quantitative estimate of drug-likeness (QED) is 0.593. The number of nitrogens with two attached hydrogens (primary N) is 1. The molecule has 0 aromatic heterocycles. The molecule has 2 N–H and O–H groups in total. The van der Waals surface area contributed by atoms with Crippen molar-refractivity contribution in [3.8, 4) is 0 Å². The van der Waals surface area contributed by atoms with Crippen LogP contribution in [0.2, 0.25) is 0 Å². The highest BCUT2D eigenvalue weighted by atomic mass is 127. The molecule has 62 valence electrons. The molecule has 0 aromatic rings. The van der Waals surface area contributed by atoms with Gasteiger partial charge in [0.15, 0.2) is 0 Å². The van der Waals surface area contributed by atoms with Crippen LogP contribution in [0.5, 0.6) is 0 Å². The molecule has 0 aliphatic carbocycles. The third-order valence-corrected chi connectivity index (χ3v) is 3.15. The number of halogens is 1. The lowest BCUT2D eigenvalue weighted by Gasteiger charge is -2.12. The van der Waals surface area contributed by atoms with Gasteiger partial charge in [-0.2, -0.15) is 0 Å². The van der Waals surface area contributed by atoms with E-state index in [0.29, 0.717) is 0 Å². The van der Waals surface area contributed by atoms with Gasteiger partial charge in [-0.25, -0.2) is 0 Å². The van der Waals surface area contributed by atoms with E-state index in [0.717, 1.165) is 16.4 Å². The van der Waals surface area contributed by atoms with E-state index in [1.807, 2.05) is 0 Å². The van der Waals surface area contributed by atoms with Crippen LogP contribution in [0.25, 0.3) is 0 Å². The molecule has 10 heavy (non-hydrogen) atoms. The second kappa shape index (κ2) is 6.40. The van der Waals surface area contributed by atoms with E-state index in [-0.39, 0.29) is 0 Å². The van der Waals surface area contributed by atoms with Gasteiger partial charge in [-0.15, -0.1) is 0 Å². The maximum atomic E-state index is 5.44. The fraction of sp³-hybridized carbons (Fsp3) is 1.00. The van der Waals surface area contributed by atoms with E-state index in [1.165, 1.54) is 19.3 Å². The Bertz CT molecular complexity index is 75.7. The Kier molecular flexibility index (Phi) is 6.85. The van der Waals surface area contributed by atoms with Crippen molar-refractivity contribution >= 4 is 22.6 Å². The molecule has 0 aliphatic heterocycles. The Balaban J connectivity index is 3.27. The maximum absolute atomic E-state index is 5.44. The van der Waals surface area contributed by atoms with Crippen LogP contribution < -0.4 is 5.73 Å². The zero-order valence-corrected chi connectivity index (χ0v) is 9.10. The molecule has 2 atom stereocenters. The summed E-state index contributed by atoms with van der Waals surface area (Å²) in [5, 5.41) is 0. The highest BCUT2D eigenvalue weighted by Gasteiger charge is 2.06. The van der Waals surface area contributed by atoms with Crippen LogP contribution in [0.4, 0.5) is 0 Å². The smallest absolute Gasteiger partial charge is 0.0110 e. The van der Waals surface area contributed by atoms with E-state index < -0.39 is 0 Å². The first-order chi connectivity index (χ1) is 4.70. The molecule has 0 bridgehead atoms. The van der Waals surface area contributed by atoms with Crippen LogP contribution in [0, 0.1) is 5.92 Å². The van der Waals surface area contributed by atoms with Crippen molar-refractivity contribution < 1.29 is 0 Å². The lowest BCUT2D eigenvalue weighted by atomic mass is 10.0. The van der Waals surface area contributed by atoms with Crippen molar-refractivity contribution in [1.29, 1.82) is 0 Å². The van der Waals surface area contributed by atoms with Crippen molar-refractivity contribution in [3.05, 3.63) is 0 Å². The summed E-state index contributed by atoms with van der Waals surface area (Å²) in [6.45, 7) is 5.37. The minimum atomic E-state index is 0.812. The van der Waals surface area contributed by atoms with Crippen molar-refractivity contribution in [1.82, 2.24) is 0 Å². The highest BCUT2D eigenvalue weighted by Crippen LogP contribution is 2.18. The molecular formula is C8H18IN. The third kappa shape index (κ3) is 5.47. The van der Waals surface area contributed by atoms with Gasteiger partial charge in [0.1, 0.15) is 0 Å². The van der Waals surface area contributed by atoms with Crippen LogP contribution in [-0.4, -0.2) is 10.5 Å². The van der Waals surface area contributed by atoms with Gasteiger partial charge in [0.2, 0.25) is 0 Å². The Morgan fingerprint density at radius 1 is 1.50 bits per heavy atom. The topological polar surface area (TPSA) is 26.0 Å². The number of alkyl halides is 1. The molecule has 2 heteroatoms. The largest absolute Gasteiger partial charge is 0.330 e. The standard InChI is InChI=1S/C8H18IN/c1-3-8(9)6-7(2)4-5-10/h7-8H,3-6,10H2,1-2H3/t7?,8-/m0/s1. The van der Waals surface area contributed by atoms with Crippen LogP contribution in [0.15, 0.2) is 0 Å². The molecule has 0 spiro atoms. The van der Waals surface area contributed by atoms with E-state index in [2.05, 4.69) is 36.4 Å². The second-order valence-electron chi connectivity index (χ2n) is 2.92. The van der Waals surface area contributed by atoms with E-state index in [1.54, 1.807) is 0 Å². The first-order valence-corrected chi connectivity index (χ1v) is 5.29. The van der Waals surface area contributed by atoms with Crippen LogP contribution in [0.3, 0.4) is 0 Å². The molecule has 0 heterocycles. The summed E-state index contributed by atoms with van der Waals surface area (Å²) in [5.74, 6) is 0.812. The van der Waals surface area contributed by atoms with Crippen LogP contribution >= 0.6 is 22.6 Å². The van der Waals surface area contributed by atoms with Gasteiger partial charge in [-0.3, -0.25) is 0 Å². The van der Waals surface area contributed by atoms with E-state index in [9.17, 15) is 0 Å². The second-order valence-corrected chi connectivity index (χ2v) is 4.69. The zero-order chi connectivity index (χ0) is 7.98. The van der Waals surface area contributed by atoms with Gasteiger partial charge in [-0.05, 0) is 31.7 Å². The van der Waals surface area contributed by atoms with E-state index >= 15 is 0 Å². The maximum Gasteiger partial charge on any atom is 0.0110 e. The first kappa shape index (κ1) is 10.7. The van der Waals surface area contributed by atoms with Gasteiger partial charge >= 0.3 is 0 Å². The van der Waals surface area contributed by atoms with Crippen molar-refractivity contribution in [2.45, 2.75) is 37.0 Å². The normalized spacial score (nSPS) is 16.8. The lowest BCUT2D eigenvalue weighted by Crippen LogP contribution is -2.09. The van der Waals surface area contributed by atoms with Crippen molar-refractivity contribution in [2.75, 3.05) is 6.54 Å². The Morgan fingerprint density at radius 2 is 2.10 bits per heavy atom. The predicted molar refractivity (Wildman–Crippen MR) is 55.6 cm³/mol. The monoisotopic (exact) mass is 255 g/mol. The Morgan fingerprint density at radius 3 is 2.50 bits per heavy atom. The summed E-state index contributed by atoms with van der Waals surface area (Å²) < 4.78 is 0.846. The average Bonchev–Trinajstić information content (AvgIpc) is 1.88. The highest BCUT2D eigenvalue weighted by molar-refractivity contribution is 14.1. The zero-order valence-electron chi connectivity index (χ0n) is 6.94. The van der Waals surface area contributed by atoms with Gasteiger partial charge in [-0.1, -0.05) is 36.4 Å². The lowest BCUT2D eigenvalue weighted by molar-refractivity contribution is 0.492. The fourth-order valence-corrected chi connectivity index (χ4v) is 1.87. The van der Waals surface area contributed by atoms with Crippen LogP contribution in [-0.2, 0) is 0 Å². The van der Waals surface area contributed by atoms with Crippen molar-refractivity contribution in [3.63, 3.8) is 0 Å².